The average Bonchev–Trinajstić information content (AvgIpc) is 3.29. The van der Waals surface area contributed by atoms with Crippen LogP contribution in [-0.2, 0) is 25.7 Å². The van der Waals surface area contributed by atoms with Crippen molar-refractivity contribution in [3.63, 3.8) is 0 Å². The van der Waals surface area contributed by atoms with Gasteiger partial charge in [-0.25, -0.2) is 4.79 Å². The molecule has 0 aromatic heterocycles. The molecule has 0 radical (unpaired) electrons. The Labute approximate surface area is 172 Å². The van der Waals surface area contributed by atoms with E-state index >= 15 is 0 Å². The van der Waals surface area contributed by atoms with Gasteiger partial charge in [0, 0.05) is 19.6 Å². The molecule has 4 rings (SSSR count). The highest BCUT2D eigenvalue weighted by Gasteiger charge is 2.46. The highest BCUT2D eigenvalue weighted by Crippen LogP contribution is 2.29. The van der Waals surface area contributed by atoms with Crippen molar-refractivity contribution >= 4 is 23.8 Å². The van der Waals surface area contributed by atoms with Crippen molar-refractivity contribution in [1.82, 2.24) is 9.96 Å². The maximum atomic E-state index is 12.9. The summed E-state index contributed by atoms with van der Waals surface area (Å²) in [5.74, 6) is -4.34. The van der Waals surface area contributed by atoms with E-state index in [0.29, 0.717) is 18.2 Å². The molecule has 2 amide bonds. The van der Waals surface area contributed by atoms with E-state index in [1.54, 1.807) is 12.1 Å². The number of benzene rings is 2. The Morgan fingerprint density at radius 2 is 1.40 bits per heavy atom. The van der Waals surface area contributed by atoms with Crippen molar-refractivity contribution < 1.29 is 28.8 Å². The molecular formula is C22H20N2O6. The number of carbonyl (C=O) groups is 4. The van der Waals surface area contributed by atoms with Gasteiger partial charge in [-0.15, -0.1) is 0 Å². The van der Waals surface area contributed by atoms with Gasteiger partial charge in [0.2, 0.25) is 0 Å². The number of hydrogen-bond acceptors (Lipinski definition) is 7. The summed E-state index contributed by atoms with van der Waals surface area (Å²) in [6.45, 7) is 1.10. The van der Waals surface area contributed by atoms with Crippen molar-refractivity contribution in [3.8, 4) is 0 Å². The maximum absolute atomic E-state index is 12.9. The molecule has 0 unspecified atom stereocenters. The van der Waals surface area contributed by atoms with Crippen molar-refractivity contribution in [2.24, 2.45) is 11.8 Å². The lowest BCUT2D eigenvalue weighted by Gasteiger charge is -2.18. The number of fused-ring (bicyclic) bond motifs is 1. The van der Waals surface area contributed by atoms with Crippen LogP contribution in [0, 0.1) is 11.8 Å². The first-order valence-electron chi connectivity index (χ1n) is 9.53. The van der Waals surface area contributed by atoms with Crippen molar-refractivity contribution in [2.75, 3.05) is 20.2 Å². The van der Waals surface area contributed by atoms with Crippen LogP contribution in [0.15, 0.2) is 54.6 Å². The molecule has 0 aliphatic carbocycles. The lowest BCUT2D eigenvalue weighted by atomic mass is 9.96. The van der Waals surface area contributed by atoms with Gasteiger partial charge in [-0.3, -0.25) is 19.3 Å². The van der Waals surface area contributed by atoms with Gasteiger partial charge in [0.15, 0.2) is 0 Å². The van der Waals surface area contributed by atoms with E-state index in [1.165, 1.54) is 19.2 Å². The smallest absolute Gasteiger partial charge is 0.338 e. The summed E-state index contributed by atoms with van der Waals surface area (Å²) in [6.07, 6.45) is 0. The average molecular weight is 408 g/mol. The minimum Gasteiger partial charge on any atom is -0.469 e. The fraction of sp³-hybridized carbons (Fsp3) is 0.273. The van der Waals surface area contributed by atoms with Crippen LogP contribution < -0.4 is 0 Å². The summed E-state index contributed by atoms with van der Waals surface area (Å²) in [7, 11) is 1.26. The molecule has 1 saturated heterocycles. The van der Waals surface area contributed by atoms with Gasteiger partial charge in [-0.1, -0.05) is 47.5 Å². The Morgan fingerprint density at radius 1 is 0.867 bits per heavy atom. The van der Waals surface area contributed by atoms with Crippen LogP contribution in [0.1, 0.15) is 26.3 Å². The monoisotopic (exact) mass is 408 g/mol. The third kappa shape index (κ3) is 3.57. The fourth-order valence-electron chi connectivity index (χ4n) is 3.89. The first-order valence-corrected chi connectivity index (χ1v) is 9.53. The summed E-state index contributed by atoms with van der Waals surface area (Å²) in [4.78, 5) is 57.2. The zero-order valence-corrected chi connectivity index (χ0v) is 16.3. The van der Waals surface area contributed by atoms with Crippen LogP contribution in [-0.4, -0.2) is 53.9 Å². The molecule has 0 bridgehead atoms. The van der Waals surface area contributed by atoms with Crippen molar-refractivity contribution in [1.29, 1.82) is 0 Å². The lowest BCUT2D eigenvalue weighted by molar-refractivity contribution is -0.176. The number of ether oxygens (including phenoxy) is 1. The first-order chi connectivity index (χ1) is 14.5. The van der Waals surface area contributed by atoms with Gasteiger partial charge in [-0.2, -0.15) is 0 Å². The van der Waals surface area contributed by atoms with Gasteiger partial charge < -0.3 is 9.57 Å². The topological polar surface area (TPSA) is 93.2 Å². The normalized spacial score (nSPS) is 20.9. The molecule has 1 fully saturated rings. The Bertz CT molecular complexity index is 971. The summed E-state index contributed by atoms with van der Waals surface area (Å²) < 4.78 is 4.86. The Balaban J connectivity index is 1.49. The molecule has 2 aliphatic heterocycles. The highest BCUT2D eigenvalue weighted by atomic mass is 16.7. The molecular weight excluding hydrogens is 388 g/mol. The minimum atomic E-state index is -0.856. The predicted molar refractivity (Wildman–Crippen MR) is 104 cm³/mol. The third-order valence-corrected chi connectivity index (χ3v) is 5.39. The van der Waals surface area contributed by atoms with Gasteiger partial charge in [0.1, 0.15) is 0 Å². The second-order valence-corrected chi connectivity index (χ2v) is 7.28. The SMILES string of the molecule is COC(=O)[C@H]1CN(Cc2ccccc2)C[C@H]1C(=O)ON1C(=O)c2ccccc2C1=O. The number of likely N-dealkylation sites (tertiary alicyclic amines) is 1. The number of hydroxylamine groups is 2. The number of methoxy groups -OCH3 is 1. The molecule has 2 atom stereocenters. The summed E-state index contributed by atoms with van der Waals surface area (Å²) in [5.41, 5.74) is 1.39. The quantitative estimate of drug-likeness (QED) is 0.549. The van der Waals surface area contributed by atoms with E-state index in [2.05, 4.69) is 0 Å². The Hall–Kier alpha value is -3.52. The number of imide groups is 1. The van der Waals surface area contributed by atoms with Crippen molar-refractivity contribution in [3.05, 3.63) is 71.3 Å². The molecule has 8 heteroatoms. The second-order valence-electron chi connectivity index (χ2n) is 7.28. The van der Waals surface area contributed by atoms with Gasteiger partial charge in [0.05, 0.1) is 30.1 Å². The standard InChI is InChI=1S/C22H20N2O6/c1-29-21(27)17-12-23(11-14-7-3-2-4-8-14)13-18(17)22(28)30-24-19(25)15-9-5-6-10-16(15)20(24)26/h2-10,17-18H,11-13H2,1H3/t17-,18+/m0/s1. The van der Waals surface area contributed by atoms with E-state index in [9.17, 15) is 19.2 Å². The number of carbonyl (C=O) groups excluding carboxylic acids is 4. The number of amides is 2. The first kappa shape index (κ1) is 19.8. The molecule has 2 heterocycles. The Morgan fingerprint density at radius 3 is 1.97 bits per heavy atom. The molecule has 0 saturated carbocycles. The van der Waals surface area contributed by atoms with Crippen LogP contribution in [0.2, 0.25) is 0 Å². The zero-order chi connectivity index (χ0) is 21.3. The second kappa shape index (κ2) is 8.08. The van der Waals surface area contributed by atoms with E-state index in [-0.39, 0.29) is 17.7 Å². The van der Waals surface area contributed by atoms with Crippen LogP contribution in [0.25, 0.3) is 0 Å². The summed E-state index contributed by atoms with van der Waals surface area (Å²) in [6, 6.07) is 15.9. The number of esters is 1. The van der Waals surface area contributed by atoms with Crippen LogP contribution in [0.3, 0.4) is 0 Å². The van der Waals surface area contributed by atoms with E-state index in [4.69, 9.17) is 9.57 Å². The molecule has 2 aromatic carbocycles. The van der Waals surface area contributed by atoms with E-state index in [0.717, 1.165) is 5.56 Å². The van der Waals surface area contributed by atoms with Gasteiger partial charge in [0.25, 0.3) is 11.8 Å². The zero-order valence-electron chi connectivity index (χ0n) is 16.3. The largest absolute Gasteiger partial charge is 0.469 e. The summed E-state index contributed by atoms with van der Waals surface area (Å²) >= 11 is 0. The minimum absolute atomic E-state index is 0.178. The number of hydrogen-bond donors (Lipinski definition) is 0. The highest BCUT2D eigenvalue weighted by molar-refractivity contribution is 6.20. The lowest BCUT2D eigenvalue weighted by Crippen LogP contribution is -2.38. The van der Waals surface area contributed by atoms with Gasteiger partial charge in [-0.05, 0) is 17.7 Å². The maximum Gasteiger partial charge on any atom is 0.338 e. The molecule has 8 nitrogen and oxygen atoms in total. The molecule has 0 N–H and O–H groups in total. The molecule has 2 aromatic rings. The summed E-state index contributed by atoms with van der Waals surface area (Å²) in [5, 5.41) is 0.473. The van der Waals surface area contributed by atoms with E-state index < -0.39 is 35.6 Å². The Kier molecular flexibility index (Phi) is 5.33. The van der Waals surface area contributed by atoms with Crippen molar-refractivity contribution in [2.45, 2.75) is 6.54 Å². The fourth-order valence-corrected chi connectivity index (χ4v) is 3.89. The third-order valence-electron chi connectivity index (χ3n) is 5.39. The number of rotatable bonds is 5. The van der Waals surface area contributed by atoms with Crippen LogP contribution in [0.5, 0.6) is 0 Å². The van der Waals surface area contributed by atoms with E-state index in [1.807, 2.05) is 35.2 Å². The predicted octanol–water partition coefficient (Wildman–Crippen LogP) is 1.66. The van der Waals surface area contributed by atoms with Gasteiger partial charge >= 0.3 is 11.9 Å². The molecule has 2 aliphatic rings. The molecule has 154 valence electrons. The molecule has 30 heavy (non-hydrogen) atoms. The molecule has 0 spiro atoms. The number of nitrogens with zero attached hydrogens (tertiary/aromatic N) is 2. The van der Waals surface area contributed by atoms with Crippen LogP contribution >= 0.6 is 0 Å². The van der Waals surface area contributed by atoms with Crippen LogP contribution in [0.4, 0.5) is 0 Å².